The standard InChI is InChI=1S/C33H14B2N4O3S2/c40-43-21-5-1-3-15-17-11-36-13-38-31(17)34(27(15)21)29-23(43)9-7-19-25(29)33(38)26-20(42-19)8-10-24-30(26)35-28-16(4-2-6-22(28)44(24)41)18-12-37-14-39(33)32(18)35/h1-14H/q+2. The minimum Gasteiger partial charge on any atom is -0.456 e. The van der Waals surface area contributed by atoms with Crippen LogP contribution in [0, 0.1) is 0 Å². The molecule has 0 fully saturated rings. The van der Waals surface area contributed by atoms with Crippen LogP contribution in [-0.4, -0.2) is 31.8 Å². The van der Waals surface area contributed by atoms with Gasteiger partial charge in [-0.25, -0.2) is 8.42 Å². The molecule has 7 aliphatic rings. The SMILES string of the molecule is O=S1c2cccc3c2B2c4c1ccc1c4C4(c5c(ccc6c5B5c7c(cccc7S6=O)-c6cnc[n+]4c65)O1)[n+]1cncc-3c12. The van der Waals surface area contributed by atoms with Crippen LogP contribution in [-0.2, 0) is 27.3 Å². The monoisotopic (exact) mass is 600 g/mol. The van der Waals surface area contributed by atoms with E-state index in [-0.39, 0.29) is 13.4 Å². The summed E-state index contributed by atoms with van der Waals surface area (Å²) < 4.78 is 40.3. The van der Waals surface area contributed by atoms with Gasteiger partial charge in [0.25, 0.3) is 26.1 Å². The highest BCUT2D eigenvalue weighted by molar-refractivity contribution is 7.86. The quantitative estimate of drug-likeness (QED) is 0.166. The molecule has 13 rings (SSSR count). The number of hydrogen-bond acceptors (Lipinski definition) is 5. The molecule has 200 valence electrons. The zero-order valence-electron chi connectivity index (χ0n) is 22.6. The van der Waals surface area contributed by atoms with E-state index in [1.807, 2.05) is 73.6 Å². The van der Waals surface area contributed by atoms with Crippen LogP contribution in [0.2, 0.25) is 0 Å². The lowest BCUT2D eigenvalue weighted by molar-refractivity contribution is -0.960. The lowest BCUT2D eigenvalue weighted by Gasteiger charge is -2.47. The van der Waals surface area contributed by atoms with Crippen molar-refractivity contribution in [1.82, 2.24) is 9.97 Å². The largest absolute Gasteiger partial charge is 0.456 e. The van der Waals surface area contributed by atoms with Crippen LogP contribution < -0.4 is 46.9 Å². The molecule has 0 N–H and O–H groups in total. The van der Waals surface area contributed by atoms with Crippen LogP contribution in [0.25, 0.3) is 22.3 Å². The zero-order chi connectivity index (χ0) is 28.4. The van der Waals surface area contributed by atoms with Crippen LogP contribution in [0.4, 0.5) is 0 Å². The first-order chi connectivity index (χ1) is 21.7. The Morgan fingerprint density at radius 2 is 1.07 bits per heavy atom. The average molecular weight is 600 g/mol. The van der Waals surface area contributed by atoms with Crippen LogP contribution in [0.1, 0.15) is 11.1 Å². The lowest BCUT2D eigenvalue weighted by Crippen LogP contribution is -2.93. The summed E-state index contributed by atoms with van der Waals surface area (Å²) in [5, 5.41) is 0. The minimum atomic E-state index is -1.37. The number of nitrogens with zero attached hydrogens (tertiary/aromatic N) is 4. The minimum absolute atomic E-state index is 0.0989. The highest BCUT2D eigenvalue weighted by Crippen LogP contribution is 2.50. The first-order valence-electron chi connectivity index (χ1n) is 14.6. The second kappa shape index (κ2) is 6.52. The summed E-state index contributed by atoms with van der Waals surface area (Å²) in [6.07, 6.45) is 7.80. The molecule has 0 saturated heterocycles. The Kier molecular flexibility index (Phi) is 3.24. The van der Waals surface area contributed by atoms with Gasteiger partial charge in [-0.1, -0.05) is 34.2 Å². The molecule has 1 spiro atoms. The molecule has 44 heavy (non-hydrogen) atoms. The van der Waals surface area contributed by atoms with Crippen molar-refractivity contribution in [3.63, 3.8) is 0 Å². The highest BCUT2D eigenvalue weighted by Gasteiger charge is 2.69. The number of hydrogen-bond donors (Lipinski definition) is 0. The number of benzene rings is 4. The molecule has 7 nitrogen and oxygen atoms in total. The van der Waals surface area contributed by atoms with E-state index in [1.165, 1.54) is 0 Å². The maximum absolute atomic E-state index is 14.4. The van der Waals surface area contributed by atoms with Gasteiger partial charge in [0.2, 0.25) is 0 Å². The molecule has 2 unspecified atom stereocenters. The molecule has 0 bridgehead atoms. The van der Waals surface area contributed by atoms with Gasteiger partial charge in [0.1, 0.15) is 23.9 Å². The fraction of sp³-hybridized carbons (Fsp3) is 0.0303. The van der Waals surface area contributed by atoms with Gasteiger partial charge >= 0.3 is 5.66 Å². The first-order valence-corrected chi connectivity index (χ1v) is 16.9. The Labute approximate surface area is 255 Å². The molecule has 9 heterocycles. The Hall–Kier alpha value is -4.73. The van der Waals surface area contributed by atoms with E-state index in [4.69, 9.17) is 14.7 Å². The molecule has 7 aliphatic heterocycles. The van der Waals surface area contributed by atoms with Crippen LogP contribution in [0.3, 0.4) is 0 Å². The smallest absolute Gasteiger partial charge is 0.310 e. The van der Waals surface area contributed by atoms with Gasteiger partial charge in [-0.05, 0) is 69.4 Å². The Bertz CT molecular complexity index is 2450. The molecule has 2 atom stereocenters. The third-order valence-electron chi connectivity index (χ3n) is 11.0. The predicted molar refractivity (Wildman–Crippen MR) is 163 cm³/mol. The molecule has 4 aromatic carbocycles. The van der Waals surface area contributed by atoms with Crippen molar-refractivity contribution < 1.29 is 22.3 Å². The van der Waals surface area contributed by atoms with Gasteiger partial charge in [-0.15, -0.1) is 0 Å². The maximum Gasteiger partial charge on any atom is 0.310 e. The second-order valence-electron chi connectivity index (χ2n) is 12.4. The highest BCUT2D eigenvalue weighted by atomic mass is 32.2. The van der Waals surface area contributed by atoms with Crippen molar-refractivity contribution in [2.45, 2.75) is 25.2 Å². The third-order valence-corrected chi connectivity index (χ3v) is 14.0. The van der Waals surface area contributed by atoms with Crippen molar-refractivity contribution in [3.8, 4) is 33.8 Å². The first kappa shape index (κ1) is 21.9. The van der Waals surface area contributed by atoms with E-state index >= 15 is 0 Å². The number of aromatic nitrogens is 4. The summed E-state index contributed by atoms with van der Waals surface area (Å²) in [6.45, 7) is -0.198. The average Bonchev–Trinajstić information content (AvgIpc) is 3.59. The molecule has 0 aliphatic carbocycles. The lowest BCUT2D eigenvalue weighted by atomic mass is 9.34. The van der Waals surface area contributed by atoms with Crippen LogP contribution in [0.15, 0.2) is 105 Å². The predicted octanol–water partition coefficient (Wildman–Crippen LogP) is -0.965. The zero-order valence-corrected chi connectivity index (χ0v) is 24.2. The van der Waals surface area contributed by atoms with E-state index in [2.05, 4.69) is 21.3 Å². The molecule has 0 saturated carbocycles. The van der Waals surface area contributed by atoms with E-state index in [0.717, 1.165) is 97.5 Å². The van der Waals surface area contributed by atoms with Gasteiger partial charge < -0.3 is 4.74 Å². The van der Waals surface area contributed by atoms with Gasteiger partial charge in [0.05, 0.1) is 55.0 Å². The summed E-state index contributed by atoms with van der Waals surface area (Å²) in [6, 6.07) is 20.2. The topological polar surface area (TPSA) is 76.9 Å². The fourth-order valence-electron chi connectivity index (χ4n) is 9.72. The molecule has 0 amide bonds. The Morgan fingerprint density at radius 3 is 1.57 bits per heavy atom. The second-order valence-corrected chi connectivity index (χ2v) is 15.3. The van der Waals surface area contributed by atoms with Gasteiger partial charge in [0.15, 0.2) is 0 Å². The maximum atomic E-state index is 14.4. The van der Waals surface area contributed by atoms with E-state index < -0.39 is 27.3 Å². The van der Waals surface area contributed by atoms with E-state index in [1.54, 1.807) is 0 Å². The fourth-order valence-corrected chi connectivity index (χ4v) is 12.7. The van der Waals surface area contributed by atoms with Crippen LogP contribution >= 0.6 is 0 Å². The van der Waals surface area contributed by atoms with Crippen molar-refractivity contribution in [1.29, 1.82) is 0 Å². The summed E-state index contributed by atoms with van der Waals surface area (Å²) in [5.41, 5.74) is 11.8. The van der Waals surface area contributed by atoms with Gasteiger partial charge in [-0.2, -0.15) is 9.13 Å². The summed E-state index contributed by atoms with van der Waals surface area (Å²) in [5.74, 6) is 1.47. The molecule has 2 aromatic heterocycles. The Morgan fingerprint density at radius 1 is 0.591 bits per heavy atom. The van der Waals surface area contributed by atoms with Crippen molar-refractivity contribution in [3.05, 3.63) is 96.8 Å². The summed E-state index contributed by atoms with van der Waals surface area (Å²) in [7, 11) is -2.73. The molecular weight excluding hydrogens is 586 g/mol. The third kappa shape index (κ3) is 1.89. The molecule has 6 aromatic rings. The van der Waals surface area contributed by atoms with E-state index in [0.29, 0.717) is 0 Å². The molecular formula is C33H14B2N4O3S2+2. The number of ether oxygens (including phenoxy) is 1. The molecule has 11 heteroatoms. The Balaban J connectivity index is 1.33. The van der Waals surface area contributed by atoms with Gasteiger partial charge in [0, 0.05) is 19.6 Å². The van der Waals surface area contributed by atoms with Crippen molar-refractivity contribution in [2.75, 3.05) is 0 Å². The summed E-state index contributed by atoms with van der Waals surface area (Å²) in [4.78, 5) is 13.1. The van der Waals surface area contributed by atoms with Crippen LogP contribution in [0.5, 0.6) is 11.5 Å². The molecule has 0 radical (unpaired) electrons. The number of fused-ring (bicyclic) bond motifs is 2. The van der Waals surface area contributed by atoms with Crippen molar-refractivity contribution in [2.24, 2.45) is 0 Å². The normalized spacial score (nSPS) is 22.5. The van der Waals surface area contributed by atoms with E-state index in [9.17, 15) is 8.42 Å². The number of rotatable bonds is 0. The van der Waals surface area contributed by atoms with Gasteiger partial charge in [-0.3, -0.25) is 0 Å². The summed E-state index contributed by atoms with van der Waals surface area (Å²) >= 11 is 0. The van der Waals surface area contributed by atoms with Crippen molar-refractivity contribution >= 4 is 68.1 Å².